The molecule has 2 atom stereocenters. The fourth-order valence-corrected chi connectivity index (χ4v) is 1.77. The number of aliphatic hydroxyl groups excluding tert-OH is 1. The van der Waals surface area contributed by atoms with E-state index < -0.39 is 42.2 Å². The lowest BCUT2D eigenvalue weighted by Crippen LogP contribution is -2.47. The van der Waals surface area contributed by atoms with Crippen LogP contribution in [0.2, 0.25) is 0 Å². The van der Waals surface area contributed by atoms with Crippen LogP contribution in [-0.2, 0) is 9.53 Å². The van der Waals surface area contributed by atoms with Crippen molar-refractivity contribution in [1.29, 1.82) is 0 Å². The monoisotopic (exact) mass is 283 g/mol. The van der Waals surface area contributed by atoms with Gasteiger partial charge in [0.2, 0.25) is 0 Å². The van der Waals surface area contributed by atoms with Crippen molar-refractivity contribution in [2.24, 2.45) is 0 Å². The number of halogens is 3. The molecule has 5 nitrogen and oxygen atoms in total. The van der Waals surface area contributed by atoms with Gasteiger partial charge in [-0.2, -0.15) is 13.2 Å². The second-order valence-corrected chi connectivity index (χ2v) is 5.40. The maximum Gasteiger partial charge on any atom is 0.452 e. The molecule has 0 bridgehead atoms. The van der Waals surface area contributed by atoms with E-state index in [2.05, 4.69) is 0 Å². The van der Waals surface area contributed by atoms with Crippen molar-refractivity contribution in [3.05, 3.63) is 0 Å². The zero-order chi connectivity index (χ0) is 15.0. The minimum absolute atomic E-state index is 0.346. The summed E-state index contributed by atoms with van der Waals surface area (Å²) in [5, 5.41) is 9.36. The van der Waals surface area contributed by atoms with Crippen molar-refractivity contribution in [2.45, 2.75) is 51.1 Å². The summed E-state index contributed by atoms with van der Waals surface area (Å²) in [4.78, 5) is 23.6. The van der Waals surface area contributed by atoms with Gasteiger partial charge >= 0.3 is 12.3 Å². The van der Waals surface area contributed by atoms with Crippen LogP contribution in [0.25, 0.3) is 0 Å². The summed E-state index contributed by atoms with van der Waals surface area (Å²) in [6, 6.07) is -1.72. The number of aliphatic hydroxyl groups is 1. The number of Topliss-reactive ketones (excluding diaryl/α,β-unsaturated/α-hetero) is 1. The maximum atomic E-state index is 12.4. The van der Waals surface area contributed by atoms with Crippen molar-refractivity contribution in [2.75, 3.05) is 6.54 Å². The fraction of sp³-hybridized carbons (Fsp3) is 0.818. The first-order chi connectivity index (χ1) is 8.42. The third kappa shape index (κ3) is 4.09. The number of hydrogen-bond acceptors (Lipinski definition) is 4. The Hall–Kier alpha value is -1.31. The summed E-state index contributed by atoms with van der Waals surface area (Å²) in [6.45, 7) is 4.31. The number of carbonyl (C=O) groups excluding carboxylic acids is 2. The summed E-state index contributed by atoms with van der Waals surface area (Å²) >= 11 is 0. The smallest absolute Gasteiger partial charge is 0.444 e. The molecule has 1 fully saturated rings. The molecule has 1 saturated heterocycles. The second-order valence-electron chi connectivity index (χ2n) is 5.40. The van der Waals surface area contributed by atoms with E-state index >= 15 is 0 Å². The van der Waals surface area contributed by atoms with Crippen LogP contribution in [0.15, 0.2) is 0 Å². The van der Waals surface area contributed by atoms with E-state index in [1.54, 1.807) is 20.8 Å². The first-order valence-electron chi connectivity index (χ1n) is 5.70. The number of alkyl halides is 3. The number of hydrogen-bond donors (Lipinski definition) is 1. The molecule has 1 heterocycles. The van der Waals surface area contributed by atoms with Crippen LogP contribution in [0.5, 0.6) is 0 Å². The number of carbonyl (C=O) groups is 2. The van der Waals surface area contributed by atoms with Gasteiger partial charge in [0, 0.05) is 6.42 Å². The lowest BCUT2D eigenvalue weighted by Gasteiger charge is -2.28. The van der Waals surface area contributed by atoms with Crippen LogP contribution < -0.4 is 0 Å². The first-order valence-corrected chi connectivity index (χ1v) is 5.70. The number of likely N-dealkylation sites (tertiary alicyclic amines) is 1. The second kappa shape index (κ2) is 4.99. The predicted molar refractivity (Wildman–Crippen MR) is 58.4 cm³/mol. The van der Waals surface area contributed by atoms with E-state index in [0.717, 1.165) is 0 Å². The van der Waals surface area contributed by atoms with Gasteiger partial charge in [-0.15, -0.1) is 0 Å². The molecule has 1 N–H and O–H groups in total. The zero-order valence-corrected chi connectivity index (χ0v) is 10.8. The average molecular weight is 283 g/mol. The van der Waals surface area contributed by atoms with Gasteiger partial charge in [0.15, 0.2) is 0 Å². The van der Waals surface area contributed by atoms with Gasteiger partial charge in [-0.05, 0) is 20.8 Å². The number of ether oxygens (including phenoxy) is 1. The molecule has 110 valence electrons. The van der Waals surface area contributed by atoms with Crippen LogP contribution in [0.3, 0.4) is 0 Å². The van der Waals surface area contributed by atoms with Crippen molar-refractivity contribution in [3.8, 4) is 0 Å². The van der Waals surface area contributed by atoms with Crippen molar-refractivity contribution >= 4 is 11.9 Å². The molecule has 1 aliphatic heterocycles. The Balaban J connectivity index is 2.86. The van der Waals surface area contributed by atoms with E-state index in [0.29, 0.717) is 4.90 Å². The molecule has 0 radical (unpaired) electrons. The van der Waals surface area contributed by atoms with Gasteiger partial charge in [-0.3, -0.25) is 9.69 Å². The van der Waals surface area contributed by atoms with E-state index in [9.17, 15) is 27.9 Å². The Morgan fingerprint density at radius 3 is 2.21 bits per heavy atom. The standard InChI is InChI=1S/C11H16F3NO4/c1-10(2,3)19-9(18)15-5-6(16)4-7(15)8(17)11(12,13)14/h6-7,16H,4-5H2,1-3H3/t6-,7+/m1/s1. The van der Waals surface area contributed by atoms with Gasteiger partial charge in [-0.1, -0.05) is 0 Å². The van der Waals surface area contributed by atoms with E-state index in [4.69, 9.17) is 4.74 Å². The third-order valence-electron chi connectivity index (χ3n) is 2.49. The normalized spacial score (nSPS) is 24.5. The number of nitrogens with zero attached hydrogens (tertiary/aromatic N) is 1. The Labute approximate surface area is 108 Å². The van der Waals surface area contributed by atoms with Gasteiger partial charge in [-0.25, -0.2) is 4.79 Å². The molecular weight excluding hydrogens is 267 g/mol. The van der Waals surface area contributed by atoms with Crippen molar-refractivity contribution in [1.82, 2.24) is 4.90 Å². The molecule has 0 aromatic rings. The molecule has 0 aromatic carbocycles. The minimum atomic E-state index is -5.05. The van der Waals surface area contributed by atoms with Gasteiger partial charge in [0.05, 0.1) is 12.6 Å². The molecular formula is C11H16F3NO4. The topological polar surface area (TPSA) is 66.8 Å². The quantitative estimate of drug-likeness (QED) is 0.791. The largest absolute Gasteiger partial charge is 0.452 e. The highest BCUT2D eigenvalue weighted by atomic mass is 19.4. The predicted octanol–water partition coefficient (Wildman–Crippen LogP) is 1.49. The summed E-state index contributed by atoms with van der Waals surface area (Å²) in [5.74, 6) is -2.05. The number of ketones is 1. The van der Waals surface area contributed by atoms with Crippen LogP contribution in [-0.4, -0.2) is 52.4 Å². The van der Waals surface area contributed by atoms with Crippen LogP contribution in [0.4, 0.5) is 18.0 Å². The summed E-state index contributed by atoms with van der Waals surface area (Å²) in [7, 11) is 0. The van der Waals surface area contributed by atoms with E-state index in [-0.39, 0.29) is 6.54 Å². The SMILES string of the molecule is CC(C)(C)OC(=O)N1C[C@H](O)C[C@H]1C(=O)C(F)(F)F. The van der Waals surface area contributed by atoms with Crippen LogP contribution in [0.1, 0.15) is 27.2 Å². The third-order valence-corrected chi connectivity index (χ3v) is 2.49. The van der Waals surface area contributed by atoms with Gasteiger partial charge < -0.3 is 9.84 Å². The Kier molecular flexibility index (Phi) is 4.14. The molecule has 1 rings (SSSR count). The summed E-state index contributed by atoms with van der Waals surface area (Å²) in [6.07, 6.45) is -7.68. The van der Waals surface area contributed by atoms with E-state index in [1.165, 1.54) is 0 Å². The first kappa shape index (κ1) is 15.7. The number of rotatable bonds is 1. The zero-order valence-electron chi connectivity index (χ0n) is 10.8. The van der Waals surface area contributed by atoms with Crippen molar-refractivity contribution in [3.63, 3.8) is 0 Å². The molecule has 0 spiro atoms. The van der Waals surface area contributed by atoms with Crippen molar-refractivity contribution < 1.29 is 32.6 Å². The minimum Gasteiger partial charge on any atom is -0.444 e. The summed E-state index contributed by atoms with van der Waals surface area (Å²) in [5.41, 5.74) is -0.892. The molecule has 0 aliphatic carbocycles. The highest BCUT2D eigenvalue weighted by molar-refractivity contribution is 5.92. The highest BCUT2D eigenvalue weighted by Gasteiger charge is 2.50. The fourth-order valence-electron chi connectivity index (χ4n) is 1.77. The van der Waals surface area contributed by atoms with Crippen LogP contribution >= 0.6 is 0 Å². The average Bonchev–Trinajstić information content (AvgIpc) is 2.55. The van der Waals surface area contributed by atoms with Crippen LogP contribution in [0, 0.1) is 0 Å². The molecule has 8 heteroatoms. The Morgan fingerprint density at radius 2 is 1.79 bits per heavy atom. The van der Waals surface area contributed by atoms with Gasteiger partial charge in [0.1, 0.15) is 11.6 Å². The highest BCUT2D eigenvalue weighted by Crippen LogP contribution is 2.28. The molecule has 0 unspecified atom stereocenters. The molecule has 0 saturated carbocycles. The van der Waals surface area contributed by atoms with E-state index in [1.807, 2.05) is 0 Å². The lowest BCUT2D eigenvalue weighted by atomic mass is 10.1. The van der Waals surface area contributed by atoms with Gasteiger partial charge in [0.25, 0.3) is 5.78 Å². The Morgan fingerprint density at radius 1 is 1.26 bits per heavy atom. The molecule has 1 aliphatic rings. The molecule has 19 heavy (non-hydrogen) atoms. The molecule has 1 amide bonds. The summed E-state index contributed by atoms with van der Waals surface area (Å²) < 4.78 is 42.1. The Bertz CT molecular complexity index is 375. The number of amides is 1. The number of β-amino-alcohol motifs (C(OH)–C–C–N with tert-alkyl or cyclic N) is 1. The maximum absolute atomic E-state index is 12.4. The molecule has 0 aromatic heterocycles. The lowest BCUT2D eigenvalue weighted by molar-refractivity contribution is -0.175.